The van der Waals surface area contributed by atoms with Gasteiger partial charge < -0.3 is 5.11 Å². The first-order valence-electron chi connectivity index (χ1n) is 6.65. The number of anilines is 1. The molecule has 0 unspecified atom stereocenters. The van der Waals surface area contributed by atoms with Crippen LogP contribution in [0.4, 0.5) is 9.52 Å². The number of sulfone groups is 1. The van der Waals surface area contributed by atoms with Crippen LogP contribution in [0.2, 0.25) is 5.02 Å². The molecular formula is C14H14ClFN2O4S2. The molecular weight excluding hydrogens is 379 g/mol. The van der Waals surface area contributed by atoms with Crippen molar-refractivity contribution >= 4 is 43.8 Å². The molecule has 1 amide bonds. The number of halogens is 2. The van der Waals surface area contributed by atoms with Crippen molar-refractivity contribution in [3.8, 4) is 5.75 Å². The van der Waals surface area contributed by atoms with E-state index in [0.29, 0.717) is 11.3 Å². The summed E-state index contributed by atoms with van der Waals surface area (Å²) in [7, 11) is -4.00. The first-order valence-corrected chi connectivity index (χ1v) is 9.32. The van der Waals surface area contributed by atoms with Crippen LogP contribution in [0.1, 0.15) is 31.1 Å². The molecule has 6 nitrogen and oxygen atoms in total. The lowest BCUT2D eigenvalue weighted by atomic mass is 10.2. The van der Waals surface area contributed by atoms with Crippen LogP contribution in [-0.4, -0.2) is 29.2 Å². The lowest BCUT2D eigenvalue weighted by Crippen LogP contribution is -2.28. The van der Waals surface area contributed by atoms with Gasteiger partial charge >= 0.3 is 0 Å². The number of carbonyl (C=O) groups is 1. The average molecular weight is 393 g/mol. The van der Waals surface area contributed by atoms with Crippen LogP contribution in [0.5, 0.6) is 5.75 Å². The van der Waals surface area contributed by atoms with Crippen LogP contribution in [0.15, 0.2) is 23.2 Å². The van der Waals surface area contributed by atoms with Gasteiger partial charge in [0.05, 0.1) is 15.3 Å². The van der Waals surface area contributed by atoms with Gasteiger partial charge in [0.2, 0.25) is 20.0 Å². The summed E-state index contributed by atoms with van der Waals surface area (Å²) in [4.78, 5) is 15.8. The summed E-state index contributed by atoms with van der Waals surface area (Å²) in [6.45, 7) is 4.26. The molecule has 0 aliphatic carbocycles. The molecule has 10 heteroatoms. The van der Waals surface area contributed by atoms with E-state index in [-0.39, 0.29) is 15.7 Å². The van der Waals surface area contributed by atoms with E-state index in [0.717, 1.165) is 0 Å². The SMILES string of the molecule is CC(C)(C)S(=O)(=O)c1nc(NC(=O)c2cccc(Cl)c2O)sc1F. The minimum Gasteiger partial charge on any atom is -0.506 e. The highest BCUT2D eigenvalue weighted by molar-refractivity contribution is 7.92. The third-order valence-electron chi connectivity index (χ3n) is 3.07. The summed E-state index contributed by atoms with van der Waals surface area (Å²) >= 11 is 6.10. The van der Waals surface area contributed by atoms with Crippen molar-refractivity contribution in [2.24, 2.45) is 0 Å². The van der Waals surface area contributed by atoms with Gasteiger partial charge in [-0.3, -0.25) is 10.1 Å². The third-order valence-corrected chi connectivity index (χ3v) is 6.66. The number of amides is 1. The fraction of sp³-hybridized carbons (Fsp3) is 0.286. The standard InChI is InChI=1S/C14H14ClFN2O4S2/c1-14(2,3)24(21,22)12-10(16)23-13(18-12)17-11(20)7-5-4-6-8(15)9(7)19/h4-6,19H,1-3H3,(H,17,18,20). The summed E-state index contributed by atoms with van der Waals surface area (Å²) in [5.41, 5.74) is -0.140. The number of aromatic nitrogens is 1. The fourth-order valence-electron chi connectivity index (χ4n) is 1.66. The molecule has 0 aliphatic heterocycles. The number of aromatic hydroxyl groups is 1. The Bertz CT molecular complexity index is 904. The molecule has 1 heterocycles. The van der Waals surface area contributed by atoms with Crippen LogP contribution < -0.4 is 5.32 Å². The van der Waals surface area contributed by atoms with Crippen molar-refractivity contribution in [1.82, 2.24) is 4.98 Å². The number of nitrogens with one attached hydrogen (secondary N) is 1. The van der Waals surface area contributed by atoms with Crippen LogP contribution in [-0.2, 0) is 9.84 Å². The number of hydrogen-bond donors (Lipinski definition) is 2. The van der Waals surface area contributed by atoms with Gasteiger partial charge in [-0.2, -0.15) is 4.39 Å². The van der Waals surface area contributed by atoms with Gasteiger partial charge in [-0.25, -0.2) is 13.4 Å². The Morgan fingerprint density at radius 3 is 2.58 bits per heavy atom. The van der Waals surface area contributed by atoms with E-state index >= 15 is 0 Å². The molecule has 0 atom stereocenters. The van der Waals surface area contributed by atoms with Gasteiger partial charge in [-0.05, 0) is 32.9 Å². The van der Waals surface area contributed by atoms with Gasteiger partial charge in [0, 0.05) is 0 Å². The van der Waals surface area contributed by atoms with E-state index in [1.807, 2.05) is 0 Å². The average Bonchev–Trinajstić information content (AvgIpc) is 2.81. The number of phenols is 1. The van der Waals surface area contributed by atoms with E-state index in [4.69, 9.17) is 11.6 Å². The summed E-state index contributed by atoms with van der Waals surface area (Å²) in [5.74, 6) is -1.22. The lowest BCUT2D eigenvalue weighted by Gasteiger charge is -2.16. The van der Waals surface area contributed by atoms with Crippen LogP contribution in [0, 0.1) is 5.13 Å². The molecule has 2 N–H and O–H groups in total. The smallest absolute Gasteiger partial charge is 0.261 e. The second kappa shape index (κ2) is 6.30. The zero-order chi connectivity index (χ0) is 18.3. The summed E-state index contributed by atoms with van der Waals surface area (Å²) in [5, 5.41) is 10.0. The Morgan fingerprint density at radius 2 is 2.00 bits per heavy atom. The Labute approximate surface area is 147 Å². The summed E-state index contributed by atoms with van der Waals surface area (Å²) < 4.78 is 37.3. The molecule has 2 rings (SSSR count). The Morgan fingerprint density at radius 1 is 1.38 bits per heavy atom. The quantitative estimate of drug-likeness (QED) is 0.833. The topological polar surface area (TPSA) is 96.4 Å². The molecule has 0 saturated heterocycles. The number of thiazole rings is 1. The maximum Gasteiger partial charge on any atom is 0.261 e. The summed E-state index contributed by atoms with van der Waals surface area (Å²) in [6, 6.07) is 4.16. The van der Waals surface area contributed by atoms with E-state index in [2.05, 4.69) is 10.3 Å². The molecule has 130 valence electrons. The number of carbonyl (C=O) groups excluding carboxylic acids is 1. The van der Waals surface area contributed by atoms with Crippen molar-refractivity contribution < 1.29 is 22.7 Å². The second-order valence-electron chi connectivity index (χ2n) is 5.80. The molecule has 0 radical (unpaired) electrons. The minimum atomic E-state index is -4.00. The van der Waals surface area contributed by atoms with E-state index in [1.165, 1.54) is 39.0 Å². The molecule has 2 aromatic rings. The van der Waals surface area contributed by atoms with Gasteiger partial charge in [-0.1, -0.05) is 29.0 Å². The van der Waals surface area contributed by atoms with Crippen molar-refractivity contribution in [2.45, 2.75) is 30.5 Å². The predicted molar refractivity (Wildman–Crippen MR) is 90.1 cm³/mol. The number of phenolic OH excluding ortho intramolecular Hbond substituents is 1. The molecule has 0 spiro atoms. The molecule has 24 heavy (non-hydrogen) atoms. The molecule has 0 aliphatic rings. The van der Waals surface area contributed by atoms with Crippen molar-refractivity contribution in [3.05, 3.63) is 33.9 Å². The first-order chi connectivity index (χ1) is 10.9. The molecule has 0 bridgehead atoms. The Balaban J connectivity index is 2.35. The highest BCUT2D eigenvalue weighted by Gasteiger charge is 2.36. The molecule has 0 fully saturated rings. The highest BCUT2D eigenvalue weighted by atomic mass is 35.5. The molecule has 1 aromatic carbocycles. The van der Waals surface area contributed by atoms with Crippen molar-refractivity contribution in [1.29, 1.82) is 0 Å². The number of rotatable bonds is 3. The number of hydrogen-bond acceptors (Lipinski definition) is 6. The summed E-state index contributed by atoms with van der Waals surface area (Å²) in [6.07, 6.45) is 0. The van der Waals surface area contributed by atoms with E-state index in [1.54, 1.807) is 0 Å². The van der Waals surface area contributed by atoms with E-state index in [9.17, 15) is 22.7 Å². The van der Waals surface area contributed by atoms with Crippen molar-refractivity contribution in [2.75, 3.05) is 5.32 Å². The Hall–Kier alpha value is -1.71. The van der Waals surface area contributed by atoms with Gasteiger partial charge in [-0.15, -0.1) is 0 Å². The highest BCUT2D eigenvalue weighted by Crippen LogP contribution is 2.32. The second-order valence-corrected chi connectivity index (χ2v) is 9.78. The number of para-hydroxylation sites is 1. The lowest BCUT2D eigenvalue weighted by molar-refractivity contribution is 0.102. The van der Waals surface area contributed by atoms with Crippen LogP contribution >= 0.6 is 22.9 Å². The van der Waals surface area contributed by atoms with Gasteiger partial charge in [0.25, 0.3) is 5.91 Å². The van der Waals surface area contributed by atoms with Crippen molar-refractivity contribution in [3.63, 3.8) is 0 Å². The minimum absolute atomic E-state index is 0.0241. The normalized spacial score (nSPS) is 12.2. The first kappa shape index (κ1) is 18.6. The third kappa shape index (κ3) is 3.38. The van der Waals surface area contributed by atoms with Crippen LogP contribution in [0.25, 0.3) is 0 Å². The fourth-order valence-corrected chi connectivity index (χ4v) is 3.93. The largest absolute Gasteiger partial charge is 0.506 e. The van der Waals surface area contributed by atoms with Gasteiger partial charge in [0.1, 0.15) is 5.75 Å². The van der Waals surface area contributed by atoms with Crippen LogP contribution in [0.3, 0.4) is 0 Å². The van der Waals surface area contributed by atoms with Gasteiger partial charge in [0.15, 0.2) is 5.13 Å². The van der Waals surface area contributed by atoms with E-state index < -0.39 is 36.4 Å². The predicted octanol–water partition coefficient (Wildman–Crippen LogP) is 3.47. The zero-order valence-corrected chi connectivity index (χ0v) is 15.3. The maximum absolute atomic E-state index is 14.0. The Kier molecular flexibility index (Phi) is 4.89. The molecule has 1 aromatic heterocycles. The number of nitrogens with zero attached hydrogens (tertiary/aromatic N) is 1. The maximum atomic E-state index is 14.0. The number of benzene rings is 1. The zero-order valence-electron chi connectivity index (χ0n) is 12.9. The monoisotopic (exact) mass is 392 g/mol. The molecule has 0 saturated carbocycles.